The largest absolute Gasteiger partial charge is 0.347 e. The summed E-state index contributed by atoms with van der Waals surface area (Å²) < 4.78 is 0. The normalized spacial score (nSPS) is 13.3. The van der Waals surface area contributed by atoms with Gasteiger partial charge < -0.3 is 15.5 Å². The average molecular weight is 284 g/mol. The Morgan fingerprint density at radius 2 is 1.84 bits per heavy atom. The van der Waals surface area contributed by atoms with Gasteiger partial charge in [-0.3, -0.25) is 0 Å². The highest BCUT2D eigenvalue weighted by Crippen LogP contribution is 2.30. The average Bonchev–Trinajstić information content (AvgIpc) is 2.65. The van der Waals surface area contributed by atoms with Gasteiger partial charge in [-0.1, -0.05) is 13.8 Å². The molecule has 0 radical (unpaired) electrons. The Kier molecular flexibility index (Phi) is 6.23. The maximum atomic E-state index is 6.00. The second-order valence-corrected chi connectivity index (χ2v) is 6.89. The van der Waals surface area contributed by atoms with Crippen LogP contribution in [-0.4, -0.2) is 43.6 Å². The highest BCUT2D eigenvalue weighted by molar-refractivity contribution is 7.15. The van der Waals surface area contributed by atoms with Crippen molar-refractivity contribution in [3.8, 4) is 0 Å². The second kappa shape index (κ2) is 7.22. The molecule has 0 aliphatic carbocycles. The van der Waals surface area contributed by atoms with Crippen LogP contribution in [0.15, 0.2) is 0 Å². The van der Waals surface area contributed by atoms with Gasteiger partial charge in [0, 0.05) is 30.6 Å². The highest BCUT2D eigenvalue weighted by Gasteiger charge is 2.17. The molecule has 1 aromatic heterocycles. The zero-order valence-corrected chi connectivity index (χ0v) is 13.9. The standard InChI is InChI=1S/C14H28N4S/c1-10(2)9-18(8-7-17(5)6)14-16-12(4)13(19-14)11(3)15/h10-11H,7-9,15H2,1-6H3. The van der Waals surface area contributed by atoms with E-state index in [-0.39, 0.29) is 6.04 Å². The lowest BCUT2D eigenvalue weighted by atomic mass is 10.2. The van der Waals surface area contributed by atoms with Gasteiger partial charge >= 0.3 is 0 Å². The number of thiazole rings is 1. The van der Waals surface area contributed by atoms with Crippen LogP contribution in [0.25, 0.3) is 0 Å². The third-order valence-corrected chi connectivity index (χ3v) is 4.33. The van der Waals surface area contributed by atoms with Crippen molar-refractivity contribution in [2.75, 3.05) is 38.6 Å². The zero-order chi connectivity index (χ0) is 14.6. The number of anilines is 1. The van der Waals surface area contributed by atoms with Gasteiger partial charge in [-0.25, -0.2) is 4.98 Å². The van der Waals surface area contributed by atoms with Crippen LogP contribution in [0.5, 0.6) is 0 Å². The van der Waals surface area contributed by atoms with Gasteiger partial charge in [0.15, 0.2) is 5.13 Å². The molecule has 0 aliphatic rings. The van der Waals surface area contributed by atoms with E-state index >= 15 is 0 Å². The summed E-state index contributed by atoms with van der Waals surface area (Å²) in [4.78, 5) is 10.5. The number of hydrogen-bond donors (Lipinski definition) is 1. The third kappa shape index (κ3) is 5.09. The van der Waals surface area contributed by atoms with Gasteiger partial charge in [-0.15, -0.1) is 11.3 Å². The minimum absolute atomic E-state index is 0.0704. The molecular weight excluding hydrogens is 256 g/mol. The lowest BCUT2D eigenvalue weighted by Crippen LogP contribution is -2.34. The quantitative estimate of drug-likeness (QED) is 0.835. The van der Waals surface area contributed by atoms with E-state index in [9.17, 15) is 0 Å². The number of likely N-dealkylation sites (N-methyl/N-ethyl adjacent to an activating group) is 1. The Bertz CT molecular complexity index is 385. The van der Waals surface area contributed by atoms with E-state index in [4.69, 9.17) is 10.7 Å². The molecule has 0 spiro atoms. The summed E-state index contributed by atoms with van der Waals surface area (Å²) >= 11 is 1.74. The molecular formula is C14H28N4S. The van der Waals surface area contributed by atoms with Crippen molar-refractivity contribution in [3.05, 3.63) is 10.6 Å². The Morgan fingerprint density at radius 1 is 1.21 bits per heavy atom. The van der Waals surface area contributed by atoms with Crippen molar-refractivity contribution in [2.24, 2.45) is 11.7 Å². The van der Waals surface area contributed by atoms with E-state index in [0.29, 0.717) is 5.92 Å². The summed E-state index contributed by atoms with van der Waals surface area (Å²) in [6.07, 6.45) is 0. The van der Waals surface area contributed by atoms with Crippen molar-refractivity contribution in [1.29, 1.82) is 0 Å². The van der Waals surface area contributed by atoms with Gasteiger partial charge in [0.1, 0.15) is 0 Å². The second-order valence-electron chi connectivity index (χ2n) is 5.88. The van der Waals surface area contributed by atoms with Crippen LogP contribution < -0.4 is 10.6 Å². The molecule has 1 unspecified atom stereocenters. The number of nitrogens with zero attached hydrogens (tertiary/aromatic N) is 3. The van der Waals surface area contributed by atoms with Crippen molar-refractivity contribution < 1.29 is 0 Å². The molecule has 1 atom stereocenters. The Morgan fingerprint density at radius 3 is 2.26 bits per heavy atom. The molecule has 0 bridgehead atoms. The topological polar surface area (TPSA) is 45.4 Å². The van der Waals surface area contributed by atoms with Crippen LogP contribution in [0.3, 0.4) is 0 Å². The lowest BCUT2D eigenvalue weighted by Gasteiger charge is -2.25. The fraction of sp³-hybridized carbons (Fsp3) is 0.786. The van der Waals surface area contributed by atoms with Crippen molar-refractivity contribution in [1.82, 2.24) is 9.88 Å². The molecule has 0 amide bonds. The molecule has 4 nitrogen and oxygen atoms in total. The van der Waals surface area contributed by atoms with E-state index in [1.54, 1.807) is 11.3 Å². The first-order valence-electron chi connectivity index (χ1n) is 6.93. The molecule has 0 aromatic carbocycles. The minimum atomic E-state index is 0.0704. The smallest absolute Gasteiger partial charge is 0.185 e. The van der Waals surface area contributed by atoms with Gasteiger partial charge in [0.2, 0.25) is 0 Å². The lowest BCUT2D eigenvalue weighted by molar-refractivity contribution is 0.409. The summed E-state index contributed by atoms with van der Waals surface area (Å²) in [5.74, 6) is 0.630. The van der Waals surface area contributed by atoms with Crippen LogP contribution >= 0.6 is 11.3 Å². The molecule has 19 heavy (non-hydrogen) atoms. The summed E-state index contributed by atoms with van der Waals surface area (Å²) in [6, 6.07) is 0.0704. The molecule has 0 fully saturated rings. The molecule has 110 valence electrons. The van der Waals surface area contributed by atoms with Crippen molar-refractivity contribution in [3.63, 3.8) is 0 Å². The fourth-order valence-electron chi connectivity index (χ4n) is 1.98. The Labute approximate surface area is 121 Å². The van der Waals surface area contributed by atoms with Crippen LogP contribution in [-0.2, 0) is 0 Å². The molecule has 1 rings (SSSR count). The van der Waals surface area contributed by atoms with Gasteiger partial charge in [0.05, 0.1) is 5.69 Å². The Hall–Kier alpha value is -0.650. The van der Waals surface area contributed by atoms with E-state index < -0.39 is 0 Å². The predicted molar refractivity (Wildman–Crippen MR) is 85.1 cm³/mol. The SMILES string of the molecule is Cc1nc(N(CCN(C)C)CC(C)C)sc1C(C)N. The number of aryl methyl sites for hydroxylation is 1. The van der Waals surface area contributed by atoms with Crippen LogP contribution in [0.1, 0.15) is 37.4 Å². The van der Waals surface area contributed by atoms with E-state index in [0.717, 1.165) is 30.5 Å². The molecule has 5 heteroatoms. The first kappa shape index (κ1) is 16.4. The van der Waals surface area contributed by atoms with E-state index in [1.165, 1.54) is 4.88 Å². The summed E-state index contributed by atoms with van der Waals surface area (Å²) in [5, 5.41) is 1.11. The first-order chi connectivity index (χ1) is 8.81. The van der Waals surface area contributed by atoms with E-state index in [2.05, 4.69) is 44.7 Å². The molecule has 0 aliphatic heterocycles. The maximum absolute atomic E-state index is 6.00. The summed E-state index contributed by atoms with van der Waals surface area (Å²) in [6.45, 7) is 11.7. The van der Waals surface area contributed by atoms with E-state index in [1.807, 2.05) is 6.92 Å². The van der Waals surface area contributed by atoms with Crippen LogP contribution in [0.4, 0.5) is 5.13 Å². The van der Waals surface area contributed by atoms with Crippen LogP contribution in [0.2, 0.25) is 0 Å². The van der Waals surface area contributed by atoms with Gasteiger partial charge in [-0.05, 0) is 33.9 Å². The number of hydrogen-bond acceptors (Lipinski definition) is 5. The maximum Gasteiger partial charge on any atom is 0.185 e. The number of nitrogens with two attached hydrogens (primary N) is 1. The summed E-state index contributed by atoms with van der Waals surface area (Å²) in [5.41, 5.74) is 7.07. The molecule has 1 heterocycles. The first-order valence-corrected chi connectivity index (χ1v) is 7.75. The van der Waals surface area contributed by atoms with Crippen molar-refractivity contribution >= 4 is 16.5 Å². The third-order valence-electron chi connectivity index (χ3n) is 2.91. The molecule has 2 N–H and O–H groups in total. The molecule has 0 saturated heterocycles. The predicted octanol–water partition coefficient (Wildman–Crippen LogP) is 2.50. The molecule has 1 aromatic rings. The zero-order valence-electron chi connectivity index (χ0n) is 13.1. The summed E-state index contributed by atoms with van der Waals surface area (Å²) in [7, 11) is 4.21. The minimum Gasteiger partial charge on any atom is -0.347 e. The fourth-order valence-corrected chi connectivity index (χ4v) is 3.03. The van der Waals surface area contributed by atoms with Gasteiger partial charge in [0.25, 0.3) is 0 Å². The monoisotopic (exact) mass is 284 g/mol. The highest BCUT2D eigenvalue weighted by atomic mass is 32.1. The Balaban J connectivity index is 2.86. The number of rotatable bonds is 7. The van der Waals surface area contributed by atoms with Crippen LogP contribution in [0, 0.1) is 12.8 Å². The van der Waals surface area contributed by atoms with Gasteiger partial charge in [-0.2, -0.15) is 0 Å². The van der Waals surface area contributed by atoms with Crippen molar-refractivity contribution in [2.45, 2.75) is 33.7 Å². The molecule has 0 saturated carbocycles. The number of aromatic nitrogens is 1.